The van der Waals surface area contributed by atoms with Gasteiger partial charge in [0.25, 0.3) is 0 Å². The van der Waals surface area contributed by atoms with Crippen molar-refractivity contribution in [2.45, 2.75) is 39.5 Å². The lowest BCUT2D eigenvalue weighted by Crippen LogP contribution is -2.29. The second kappa shape index (κ2) is 9.20. The van der Waals surface area contributed by atoms with Crippen molar-refractivity contribution in [2.24, 2.45) is 0 Å². The van der Waals surface area contributed by atoms with Gasteiger partial charge >= 0.3 is 0 Å². The number of benzene rings is 4. The Balaban J connectivity index is 1.84. The maximum atomic E-state index is 10.2. The SMILES string of the molecule is CC/C(O)=C\c1ccc(C2(c3ccc(/C=C(\C)O)c(C)c3)c3ccccc3-c3ccccc32)cc1C. The first kappa shape index (κ1) is 23.7. The van der Waals surface area contributed by atoms with Crippen LogP contribution in [0.1, 0.15) is 64.8 Å². The molecule has 5 rings (SSSR count). The van der Waals surface area contributed by atoms with Crippen molar-refractivity contribution in [3.8, 4) is 11.1 Å². The minimum Gasteiger partial charge on any atom is -0.513 e. The number of hydrogen-bond donors (Lipinski definition) is 2. The number of aryl methyl sites for hydroxylation is 2. The van der Waals surface area contributed by atoms with E-state index in [-0.39, 0.29) is 0 Å². The second-order valence-corrected chi connectivity index (χ2v) is 9.76. The fraction of sp³-hybridized carbons (Fsp3) is 0.176. The summed E-state index contributed by atoms with van der Waals surface area (Å²) in [6.45, 7) is 7.87. The third-order valence-corrected chi connectivity index (χ3v) is 7.41. The molecule has 36 heavy (non-hydrogen) atoms. The first-order chi connectivity index (χ1) is 17.4. The lowest BCUT2D eigenvalue weighted by molar-refractivity contribution is 0.400. The third-order valence-electron chi connectivity index (χ3n) is 7.41. The molecule has 1 aliphatic rings. The van der Waals surface area contributed by atoms with Crippen LogP contribution in [0.5, 0.6) is 0 Å². The number of aliphatic hydroxyl groups excluding tert-OH is 2. The lowest BCUT2D eigenvalue weighted by atomic mass is 9.67. The molecule has 2 heteroatoms. The zero-order chi connectivity index (χ0) is 25.4. The first-order valence-corrected chi connectivity index (χ1v) is 12.5. The first-order valence-electron chi connectivity index (χ1n) is 12.5. The Kier molecular flexibility index (Phi) is 6.05. The van der Waals surface area contributed by atoms with E-state index in [1.54, 1.807) is 6.92 Å². The van der Waals surface area contributed by atoms with Gasteiger partial charge in [-0.05, 0) is 88.6 Å². The van der Waals surface area contributed by atoms with Crippen LogP contribution in [-0.2, 0) is 5.41 Å². The average Bonchev–Trinajstić information content (AvgIpc) is 3.17. The van der Waals surface area contributed by atoms with Gasteiger partial charge in [0.1, 0.15) is 0 Å². The smallest absolute Gasteiger partial charge is 0.0925 e. The molecule has 0 amide bonds. The summed E-state index contributed by atoms with van der Waals surface area (Å²) in [6.07, 6.45) is 4.29. The van der Waals surface area contributed by atoms with E-state index < -0.39 is 5.41 Å². The molecule has 180 valence electrons. The molecule has 0 bridgehead atoms. The highest BCUT2D eigenvalue weighted by atomic mass is 16.3. The molecular weight excluding hydrogens is 440 g/mol. The van der Waals surface area contributed by atoms with Crippen molar-refractivity contribution in [1.82, 2.24) is 0 Å². The van der Waals surface area contributed by atoms with E-state index >= 15 is 0 Å². The number of hydrogen-bond acceptors (Lipinski definition) is 2. The molecule has 0 saturated carbocycles. The van der Waals surface area contributed by atoms with Gasteiger partial charge in [0.15, 0.2) is 0 Å². The quantitative estimate of drug-likeness (QED) is 0.251. The van der Waals surface area contributed by atoms with Crippen LogP contribution in [0.25, 0.3) is 23.3 Å². The minimum absolute atomic E-state index is 0.298. The largest absolute Gasteiger partial charge is 0.513 e. The molecule has 0 saturated heterocycles. The van der Waals surface area contributed by atoms with Gasteiger partial charge < -0.3 is 10.2 Å². The molecule has 0 radical (unpaired) electrons. The molecule has 4 aromatic rings. The molecule has 0 heterocycles. The summed E-state index contributed by atoms with van der Waals surface area (Å²) < 4.78 is 0. The molecule has 0 fully saturated rings. The lowest BCUT2D eigenvalue weighted by Gasteiger charge is -2.34. The summed E-state index contributed by atoms with van der Waals surface area (Å²) in [7, 11) is 0. The van der Waals surface area contributed by atoms with Crippen LogP contribution < -0.4 is 0 Å². The normalized spacial score (nSPS) is 14.4. The summed E-state index contributed by atoms with van der Waals surface area (Å²) in [5.74, 6) is 0.683. The summed E-state index contributed by atoms with van der Waals surface area (Å²) in [6, 6.07) is 30.6. The van der Waals surface area contributed by atoms with Crippen LogP contribution in [0.3, 0.4) is 0 Å². The van der Waals surface area contributed by atoms with E-state index in [0.717, 1.165) is 22.3 Å². The molecule has 1 aliphatic carbocycles. The second-order valence-electron chi connectivity index (χ2n) is 9.76. The van der Waals surface area contributed by atoms with Crippen molar-refractivity contribution in [2.75, 3.05) is 0 Å². The van der Waals surface area contributed by atoms with E-state index in [1.807, 2.05) is 19.1 Å². The van der Waals surface area contributed by atoms with E-state index in [4.69, 9.17) is 0 Å². The van der Waals surface area contributed by atoms with Crippen molar-refractivity contribution in [3.05, 3.63) is 141 Å². The Morgan fingerprint density at radius 2 is 1.17 bits per heavy atom. The Morgan fingerprint density at radius 3 is 1.61 bits per heavy atom. The van der Waals surface area contributed by atoms with E-state index in [2.05, 4.69) is 98.8 Å². The Labute approximate surface area is 213 Å². The van der Waals surface area contributed by atoms with E-state index in [0.29, 0.717) is 17.9 Å². The van der Waals surface area contributed by atoms with Crippen LogP contribution in [-0.4, -0.2) is 10.2 Å². The highest BCUT2D eigenvalue weighted by Crippen LogP contribution is 2.56. The van der Waals surface area contributed by atoms with Gasteiger partial charge in [0, 0.05) is 6.42 Å². The summed E-state index contributed by atoms with van der Waals surface area (Å²) >= 11 is 0. The van der Waals surface area contributed by atoms with Crippen molar-refractivity contribution in [3.63, 3.8) is 0 Å². The Morgan fingerprint density at radius 1 is 0.694 bits per heavy atom. The zero-order valence-corrected chi connectivity index (χ0v) is 21.3. The van der Waals surface area contributed by atoms with Crippen LogP contribution in [0, 0.1) is 13.8 Å². The summed E-state index contributed by atoms with van der Waals surface area (Å²) in [5, 5.41) is 20.0. The molecule has 0 atom stereocenters. The summed E-state index contributed by atoms with van der Waals surface area (Å²) in [4.78, 5) is 0. The van der Waals surface area contributed by atoms with Gasteiger partial charge in [0.2, 0.25) is 0 Å². The highest BCUT2D eigenvalue weighted by molar-refractivity contribution is 5.86. The van der Waals surface area contributed by atoms with Gasteiger partial charge in [-0.1, -0.05) is 91.9 Å². The maximum Gasteiger partial charge on any atom is 0.0925 e. The Bertz CT molecular complexity index is 1470. The topological polar surface area (TPSA) is 40.5 Å². The molecule has 4 aromatic carbocycles. The van der Waals surface area contributed by atoms with Crippen LogP contribution >= 0.6 is 0 Å². The number of fused-ring (bicyclic) bond motifs is 3. The van der Waals surface area contributed by atoms with Crippen molar-refractivity contribution >= 4 is 12.2 Å². The number of rotatable bonds is 5. The maximum absolute atomic E-state index is 10.2. The van der Waals surface area contributed by atoms with Gasteiger partial charge in [0.05, 0.1) is 16.9 Å². The molecule has 2 N–H and O–H groups in total. The monoisotopic (exact) mass is 472 g/mol. The number of aliphatic hydroxyl groups is 2. The molecule has 0 unspecified atom stereocenters. The van der Waals surface area contributed by atoms with Crippen molar-refractivity contribution in [1.29, 1.82) is 0 Å². The molecular formula is C34H32O2. The predicted octanol–water partition coefficient (Wildman–Crippen LogP) is 8.89. The third kappa shape index (κ3) is 3.74. The summed E-state index contributed by atoms with van der Waals surface area (Å²) in [5.41, 5.74) is 11.3. The Hall–Kier alpha value is -4.04. The van der Waals surface area contributed by atoms with Gasteiger partial charge in [-0.3, -0.25) is 0 Å². The van der Waals surface area contributed by atoms with Gasteiger partial charge in [-0.15, -0.1) is 0 Å². The minimum atomic E-state index is -0.478. The molecule has 0 spiro atoms. The molecule has 2 nitrogen and oxygen atoms in total. The van der Waals surface area contributed by atoms with Crippen molar-refractivity contribution < 1.29 is 10.2 Å². The average molecular weight is 473 g/mol. The van der Waals surface area contributed by atoms with E-state index in [1.165, 1.54) is 33.4 Å². The van der Waals surface area contributed by atoms with Gasteiger partial charge in [-0.2, -0.15) is 0 Å². The number of allylic oxidation sites excluding steroid dienone is 2. The highest BCUT2D eigenvalue weighted by Gasteiger charge is 2.46. The van der Waals surface area contributed by atoms with Crippen LogP contribution in [0.15, 0.2) is 96.4 Å². The molecule has 0 aliphatic heterocycles. The van der Waals surface area contributed by atoms with Crippen LogP contribution in [0.4, 0.5) is 0 Å². The van der Waals surface area contributed by atoms with Gasteiger partial charge in [-0.25, -0.2) is 0 Å². The predicted molar refractivity (Wildman–Crippen MR) is 150 cm³/mol. The zero-order valence-electron chi connectivity index (χ0n) is 21.3. The van der Waals surface area contributed by atoms with E-state index in [9.17, 15) is 10.2 Å². The molecule has 0 aromatic heterocycles. The standard InChI is InChI=1S/C34H32O2/c1-5-29(36)21-26-15-17-28(19-23(26)3)34(27-16-14-25(20-24(4)35)22(2)18-27)32-12-8-6-10-30(32)31-11-7-9-13-33(31)34/h6-21,35-36H,5H2,1-4H3/b24-20+,29-21+. The van der Waals surface area contributed by atoms with Crippen LogP contribution in [0.2, 0.25) is 0 Å². The fourth-order valence-corrected chi connectivity index (χ4v) is 5.67. The fourth-order valence-electron chi connectivity index (χ4n) is 5.67.